The molecule has 1 N–H and O–H groups in total. The minimum absolute atomic E-state index is 0.0156. The first-order chi connectivity index (χ1) is 14.6. The van der Waals surface area contributed by atoms with Crippen LogP contribution in [-0.2, 0) is 0 Å². The first-order valence-corrected chi connectivity index (χ1v) is 10.6. The summed E-state index contributed by atoms with van der Waals surface area (Å²) in [6, 6.07) is 12.7. The standard InChI is InChI=1S/C25H26N4O/c1-16-3-4-19(25(30)27-21-6-7-21)14-23(16)18-5-8-22-20(13-18)15-26-28-24(22)17-9-11-29(2)12-10-17/h3-5,8-9,13-15,21H,6-7,10-12H2,1-2H3,(H,27,30). The van der Waals surface area contributed by atoms with Crippen LogP contribution in [0.1, 0.15) is 40.9 Å². The Morgan fingerprint density at radius 2 is 2.03 bits per heavy atom. The van der Waals surface area contributed by atoms with Gasteiger partial charge >= 0.3 is 0 Å². The van der Waals surface area contributed by atoms with Crippen LogP contribution in [0.2, 0.25) is 0 Å². The van der Waals surface area contributed by atoms with Crippen LogP contribution in [-0.4, -0.2) is 47.2 Å². The molecule has 0 radical (unpaired) electrons. The molecule has 30 heavy (non-hydrogen) atoms. The highest BCUT2D eigenvalue weighted by molar-refractivity contribution is 5.97. The molecule has 0 bridgehead atoms. The quantitative estimate of drug-likeness (QED) is 0.715. The molecule has 2 heterocycles. The SMILES string of the molecule is Cc1ccc(C(=O)NC2CC2)cc1-c1ccc2c(C3=CCN(C)CC3)nncc2c1. The van der Waals surface area contributed by atoms with Crippen molar-refractivity contribution in [1.82, 2.24) is 20.4 Å². The number of nitrogens with zero attached hydrogens (tertiary/aromatic N) is 3. The van der Waals surface area contributed by atoms with Crippen molar-refractivity contribution in [2.75, 3.05) is 20.1 Å². The Labute approximate surface area is 176 Å². The van der Waals surface area contributed by atoms with Crippen molar-refractivity contribution in [3.05, 3.63) is 65.5 Å². The Bertz CT molecular complexity index is 1160. The maximum atomic E-state index is 12.5. The highest BCUT2D eigenvalue weighted by atomic mass is 16.1. The molecule has 0 saturated heterocycles. The molecule has 1 fully saturated rings. The van der Waals surface area contributed by atoms with Gasteiger partial charge in [0.1, 0.15) is 0 Å². The summed E-state index contributed by atoms with van der Waals surface area (Å²) in [6.45, 7) is 4.07. The molecule has 1 aliphatic heterocycles. The number of fused-ring (bicyclic) bond motifs is 1. The van der Waals surface area contributed by atoms with Gasteiger partial charge in [0.25, 0.3) is 5.91 Å². The normalized spacial score (nSPS) is 17.1. The number of benzene rings is 2. The maximum absolute atomic E-state index is 12.5. The summed E-state index contributed by atoms with van der Waals surface area (Å²) in [5.74, 6) is 0.0156. The van der Waals surface area contributed by atoms with E-state index in [1.165, 1.54) is 5.57 Å². The molecule has 2 aliphatic rings. The molecule has 5 heteroatoms. The van der Waals surface area contributed by atoms with Crippen LogP contribution in [0.4, 0.5) is 0 Å². The van der Waals surface area contributed by atoms with Crippen LogP contribution in [0.5, 0.6) is 0 Å². The minimum Gasteiger partial charge on any atom is -0.349 e. The summed E-state index contributed by atoms with van der Waals surface area (Å²) in [6.07, 6.45) is 7.25. The van der Waals surface area contributed by atoms with Gasteiger partial charge in [0.2, 0.25) is 0 Å². The van der Waals surface area contributed by atoms with Crippen molar-refractivity contribution in [3.8, 4) is 11.1 Å². The Kier molecular flexibility index (Phi) is 4.83. The molecule has 0 atom stereocenters. The average molecular weight is 399 g/mol. The van der Waals surface area contributed by atoms with Gasteiger partial charge in [0.15, 0.2) is 0 Å². The van der Waals surface area contributed by atoms with Crippen LogP contribution in [0, 0.1) is 6.92 Å². The minimum atomic E-state index is 0.0156. The van der Waals surface area contributed by atoms with Gasteiger partial charge in [-0.2, -0.15) is 10.2 Å². The molecule has 5 rings (SSSR count). The smallest absolute Gasteiger partial charge is 0.251 e. The lowest BCUT2D eigenvalue weighted by atomic mass is 9.94. The highest BCUT2D eigenvalue weighted by Gasteiger charge is 2.24. The molecule has 3 aromatic rings. The van der Waals surface area contributed by atoms with Crippen molar-refractivity contribution in [2.24, 2.45) is 0 Å². The molecule has 1 saturated carbocycles. The van der Waals surface area contributed by atoms with Gasteiger partial charge < -0.3 is 10.2 Å². The second-order valence-electron chi connectivity index (χ2n) is 8.51. The number of amides is 1. The lowest BCUT2D eigenvalue weighted by molar-refractivity contribution is 0.0951. The zero-order valence-electron chi connectivity index (χ0n) is 17.5. The van der Waals surface area contributed by atoms with E-state index in [9.17, 15) is 4.79 Å². The number of hydrogen-bond donors (Lipinski definition) is 1. The van der Waals surface area contributed by atoms with E-state index in [-0.39, 0.29) is 5.91 Å². The summed E-state index contributed by atoms with van der Waals surface area (Å²) in [5.41, 5.74) is 6.30. The summed E-state index contributed by atoms with van der Waals surface area (Å²) in [7, 11) is 2.13. The Morgan fingerprint density at radius 1 is 1.17 bits per heavy atom. The van der Waals surface area contributed by atoms with Gasteiger partial charge in [-0.05, 0) is 73.7 Å². The molecule has 1 amide bonds. The van der Waals surface area contributed by atoms with E-state index in [4.69, 9.17) is 0 Å². The Morgan fingerprint density at radius 3 is 2.80 bits per heavy atom. The molecular weight excluding hydrogens is 372 g/mol. The van der Waals surface area contributed by atoms with E-state index in [1.54, 1.807) is 0 Å². The molecular formula is C25H26N4O. The third kappa shape index (κ3) is 3.73. The van der Waals surface area contributed by atoms with Crippen LogP contribution in [0.25, 0.3) is 27.5 Å². The highest BCUT2D eigenvalue weighted by Crippen LogP contribution is 2.32. The average Bonchev–Trinajstić information content (AvgIpc) is 3.58. The number of rotatable bonds is 4. The summed E-state index contributed by atoms with van der Waals surface area (Å²) >= 11 is 0. The number of likely N-dealkylation sites (N-methyl/N-ethyl adjacent to an activating group) is 1. The molecule has 0 unspecified atom stereocenters. The molecule has 2 aromatic carbocycles. The van der Waals surface area contributed by atoms with E-state index in [0.717, 1.165) is 65.5 Å². The first-order valence-electron chi connectivity index (χ1n) is 10.6. The van der Waals surface area contributed by atoms with Gasteiger partial charge in [-0.3, -0.25) is 4.79 Å². The number of aryl methyl sites for hydroxylation is 1. The van der Waals surface area contributed by atoms with Gasteiger partial charge in [-0.15, -0.1) is 0 Å². The largest absolute Gasteiger partial charge is 0.349 e. The van der Waals surface area contributed by atoms with E-state index in [0.29, 0.717) is 11.6 Å². The lowest BCUT2D eigenvalue weighted by Crippen LogP contribution is -2.25. The second kappa shape index (κ2) is 7.65. The predicted octanol–water partition coefficient (Wildman–Crippen LogP) is 4.22. The first kappa shape index (κ1) is 18.9. The Hall–Kier alpha value is -3.05. The van der Waals surface area contributed by atoms with Gasteiger partial charge in [0, 0.05) is 35.5 Å². The fraction of sp³-hybridized carbons (Fsp3) is 0.320. The summed E-state index contributed by atoms with van der Waals surface area (Å²) in [4.78, 5) is 14.8. The molecule has 5 nitrogen and oxygen atoms in total. The summed E-state index contributed by atoms with van der Waals surface area (Å²) in [5, 5.41) is 14.0. The van der Waals surface area contributed by atoms with Crippen molar-refractivity contribution in [1.29, 1.82) is 0 Å². The number of carbonyl (C=O) groups excluding carboxylic acids is 1. The van der Waals surface area contributed by atoms with Crippen LogP contribution in [0.3, 0.4) is 0 Å². The number of nitrogens with one attached hydrogen (secondary N) is 1. The van der Waals surface area contributed by atoms with Crippen LogP contribution < -0.4 is 5.32 Å². The Balaban J connectivity index is 1.52. The van der Waals surface area contributed by atoms with Crippen molar-refractivity contribution < 1.29 is 4.79 Å². The van der Waals surface area contributed by atoms with Crippen molar-refractivity contribution >= 4 is 22.3 Å². The zero-order chi connectivity index (χ0) is 20.7. The van der Waals surface area contributed by atoms with E-state index in [2.05, 4.69) is 58.7 Å². The fourth-order valence-corrected chi connectivity index (χ4v) is 4.05. The molecule has 152 valence electrons. The monoisotopic (exact) mass is 398 g/mol. The lowest BCUT2D eigenvalue weighted by Gasteiger charge is -2.22. The topological polar surface area (TPSA) is 58.1 Å². The number of aromatic nitrogens is 2. The van der Waals surface area contributed by atoms with Crippen molar-refractivity contribution in [2.45, 2.75) is 32.2 Å². The van der Waals surface area contributed by atoms with Crippen LogP contribution in [0.15, 0.2) is 48.7 Å². The van der Waals surface area contributed by atoms with E-state index in [1.807, 2.05) is 24.4 Å². The third-order valence-electron chi connectivity index (χ3n) is 6.10. The summed E-state index contributed by atoms with van der Waals surface area (Å²) < 4.78 is 0. The third-order valence-corrected chi connectivity index (χ3v) is 6.10. The molecule has 1 aliphatic carbocycles. The van der Waals surface area contributed by atoms with E-state index >= 15 is 0 Å². The number of carbonyl (C=O) groups is 1. The van der Waals surface area contributed by atoms with Gasteiger partial charge in [0.05, 0.1) is 11.9 Å². The predicted molar refractivity (Wildman–Crippen MR) is 120 cm³/mol. The molecule has 1 aromatic heterocycles. The van der Waals surface area contributed by atoms with Gasteiger partial charge in [-0.25, -0.2) is 0 Å². The van der Waals surface area contributed by atoms with E-state index < -0.39 is 0 Å². The van der Waals surface area contributed by atoms with Crippen molar-refractivity contribution in [3.63, 3.8) is 0 Å². The van der Waals surface area contributed by atoms with Gasteiger partial charge in [-0.1, -0.05) is 24.3 Å². The second-order valence-corrected chi connectivity index (χ2v) is 8.51. The maximum Gasteiger partial charge on any atom is 0.251 e. The zero-order valence-corrected chi connectivity index (χ0v) is 17.5. The molecule has 0 spiro atoms. The fourth-order valence-electron chi connectivity index (χ4n) is 4.05. The number of hydrogen-bond acceptors (Lipinski definition) is 4. The van der Waals surface area contributed by atoms with Crippen LogP contribution >= 0.6 is 0 Å².